The fourth-order valence-electron chi connectivity index (χ4n) is 3.71. The van der Waals surface area contributed by atoms with Crippen LogP contribution < -0.4 is 11.1 Å². The molecule has 11 heteroatoms. The summed E-state index contributed by atoms with van der Waals surface area (Å²) in [6, 6.07) is 0. The molecule has 124 valence electrons. The van der Waals surface area contributed by atoms with Crippen LogP contribution in [0.3, 0.4) is 0 Å². The Morgan fingerprint density at radius 2 is 1.95 bits per heavy atom. The number of ether oxygens (including phenoxy) is 1. The number of nitrogens with zero attached hydrogens (tertiary/aromatic N) is 1. The second kappa shape index (κ2) is 4.50. The maximum Gasteiger partial charge on any atom is 0.335 e. The topological polar surface area (TPSA) is 198 Å². The van der Waals surface area contributed by atoms with Gasteiger partial charge in [0.05, 0.1) is 18.6 Å². The first kappa shape index (κ1) is 15.4. The van der Waals surface area contributed by atoms with E-state index < -0.39 is 60.3 Å². The Kier molecular flexibility index (Phi) is 3.15. The summed E-state index contributed by atoms with van der Waals surface area (Å²) >= 11 is 0. The number of aliphatic imine (C=N–C) groups is 1. The molecule has 0 amide bonds. The van der Waals surface area contributed by atoms with E-state index in [9.17, 15) is 35.4 Å². The molecule has 1 aliphatic carbocycles. The summed E-state index contributed by atoms with van der Waals surface area (Å²) in [6.45, 7) is -1.05. The van der Waals surface area contributed by atoms with E-state index in [1.807, 2.05) is 0 Å². The number of nitrogens with two attached hydrogens (primary N) is 1. The summed E-state index contributed by atoms with van der Waals surface area (Å²) < 4.78 is 5.23. The highest BCUT2D eigenvalue weighted by atomic mass is 16.5. The van der Waals surface area contributed by atoms with Crippen molar-refractivity contribution in [3.63, 3.8) is 0 Å². The molecule has 1 saturated carbocycles. The Bertz CT molecular complexity index is 543. The third-order valence-electron chi connectivity index (χ3n) is 4.81. The smallest absolute Gasteiger partial charge is 0.335 e. The van der Waals surface area contributed by atoms with Crippen LogP contribution in [-0.2, 0) is 9.53 Å². The first-order chi connectivity index (χ1) is 10.2. The van der Waals surface area contributed by atoms with Crippen LogP contribution >= 0.6 is 0 Å². The van der Waals surface area contributed by atoms with Gasteiger partial charge in [0, 0.05) is 0 Å². The SMILES string of the molecule is NC1=NC2O[C@H](C(=O)O)C3(N1)C2C(O)C(O)(CO)C(O)[C@H]3O. The van der Waals surface area contributed by atoms with Gasteiger partial charge in [0.25, 0.3) is 0 Å². The molecule has 2 fully saturated rings. The summed E-state index contributed by atoms with van der Waals surface area (Å²) in [4.78, 5) is 15.3. The number of carboxylic acid groups (broad SMARTS) is 1. The largest absolute Gasteiger partial charge is 0.479 e. The van der Waals surface area contributed by atoms with Gasteiger partial charge < -0.3 is 46.4 Å². The van der Waals surface area contributed by atoms with Crippen molar-refractivity contribution in [2.45, 2.75) is 41.8 Å². The fourth-order valence-corrected chi connectivity index (χ4v) is 3.71. The fraction of sp³-hybridized carbons (Fsp3) is 0.818. The number of carbonyl (C=O) groups is 1. The van der Waals surface area contributed by atoms with Crippen molar-refractivity contribution in [2.24, 2.45) is 16.6 Å². The normalized spacial score (nSPS) is 53.4. The number of aliphatic hydroxyl groups excluding tert-OH is 4. The van der Waals surface area contributed by atoms with Gasteiger partial charge in [0.2, 0.25) is 0 Å². The first-order valence-electron chi connectivity index (χ1n) is 6.57. The highest BCUT2D eigenvalue weighted by Gasteiger charge is 2.75. The van der Waals surface area contributed by atoms with Gasteiger partial charge in [-0.3, -0.25) is 0 Å². The Morgan fingerprint density at radius 3 is 2.50 bits per heavy atom. The van der Waals surface area contributed by atoms with Gasteiger partial charge in [-0.2, -0.15) is 0 Å². The van der Waals surface area contributed by atoms with Gasteiger partial charge in [0.15, 0.2) is 18.3 Å². The van der Waals surface area contributed by atoms with Crippen LogP contribution in [0, 0.1) is 5.92 Å². The van der Waals surface area contributed by atoms with Crippen molar-refractivity contribution in [3.05, 3.63) is 0 Å². The van der Waals surface area contributed by atoms with Crippen LogP contribution in [0.4, 0.5) is 0 Å². The van der Waals surface area contributed by atoms with Gasteiger partial charge in [-0.15, -0.1) is 0 Å². The Balaban J connectivity index is 2.17. The molecule has 1 saturated heterocycles. The number of nitrogens with one attached hydrogen (secondary N) is 1. The number of guanidine groups is 1. The summed E-state index contributed by atoms with van der Waals surface area (Å²) in [5, 5.41) is 62.3. The van der Waals surface area contributed by atoms with E-state index in [4.69, 9.17) is 10.5 Å². The molecular formula is C11H17N3O8. The lowest BCUT2D eigenvalue weighted by atomic mass is 9.60. The molecule has 0 aromatic carbocycles. The van der Waals surface area contributed by atoms with Crippen molar-refractivity contribution in [2.75, 3.05) is 6.61 Å². The number of hydrogen-bond donors (Lipinski definition) is 8. The van der Waals surface area contributed by atoms with Crippen LogP contribution in [-0.4, -0.2) is 91.0 Å². The zero-order chi connectivity index (χ0) is 16.4. The van der Waals surface area contributed by atoms with Crippen molar-refractivity contribution in [1.29, 1.82) is 0 Å². The first-order valence-corrected chi connectivity index (χ1v) is 6.57. The van der Waals surface area contributed by atoms with Crippen molar-refractivity contribution >= 4 is 11.9 Å². The average molecular weight is 319 g/mol. The van der Waals surface area contributed by atoms with Gasteiger partial charge in [-0.25, -0.2) is 9.79 Å². The molecule has 8 atom stereocenters. The Morgan fingerprint density at radius 1 is 1.32 bits per heavy atom. The molecule has 9 N–H and O–H groups in total. The predicted octanol–water partition coefficient (Wildman–Crippen LogP) is -5.11. The van der Waals surface area contributed by atoms with E-state index in [-0.39, 0.29) is 5.96 Å². The number of rotatable bonds is 2. The van der Waals surface area contributed by atoms with E-state index in [1.54, 1.807) is 0 Å². The lowest BCUT2D eigenvalue weighted by molar-refractivity contribution is -0.258. The molecule has 2 bridgehead atoms. The molecule has 3 aliphatic rings. The van der Waals surface area contributed by atoms with Gasteiger partial charge in [-0.1, -0.05) is 0 Å². The average Bonchev–Trinajstić information content (AvgIpc) is 2.69. The lowest BCUT2D eigenvalue weighted by Crippen LogP contribution is -2.82. The minimum atomic E-state index is -2.45. The Hall–Kier alpha value is -1.50. The summed E-state index contributed by atoms with van der Waals surface area (Å²) in [7, 11) is 0. The minimum absolute atomic E-state index is 0.224. The predicted molar refractivity (Wildman–Crippen MR) is 67.3 cm³/mol. The van der Waals surface area contributed by atoms with Crippen LogP contribution in [0.1, 0.15) is 0 Å². The molecule has 0 radical (unpaired) electrons. The lowest BCUT2D eigenvalue weighted by Gasteiger charge is -2.55. The van der Waals surface area contributed by atoms with Crippen molar-refractivity contribution in [3.8, 4) is 0 Å². The van der Waals surface area contributed by atoms with Crippen molar-refractivity contribution < 1.29 is 40.2 Å². The highest BCUT2D eigenvalue weighted by molar-refractivity contribution is 5.84. The molecule has 0 spiro atoms. The molecular weight excluding hydrogens is 302 g/mol. The summed E-state index contributed by atoms with van der Waals surface area (Å²) in [6.07, 6.45) is -8.66. The second-order valence-electron chi connectivity index (χ2n) is 5.83. The van der Waals surface area contributed by atoms with E-state index in [0.29, 0.717) is 0 Å². The van der Waals surface area contributed by atoms with Crippen LogP contribution in [0.15, 0.2) is 4.99 Å². The quantitative estimate of drug-likeness (QED) is 0.243. The van der Waals surface area contributed by atoms with Gasteiger partial charge in [-0.05, 0) is 0 Å². The van der Waals surface area contributed by atoms with Gasteiger partial charge >= 0.3 is 5.97 Å². The molecule has 2 heterocycles. The van der Waals surface area contributed by atoms with Crippen LogP contribution in [0.2, 0.25) is 0 Å². The molecule has 11 nitrogen and oxygen atoms in total. The molecule has 0 aromatic heterocycles. The highest BCUT2D eigenvalue weighted by Crippen LogP contribution is 2.51. The standard InChI is InChI=1S/C11H17N3O8/c12-9-13-7-2-3(16)10(21,1-15)4(17)5(18)11(2,14-9)6(22-7)8(19)20/h2-7,15-18,21H,1H2,(H,19,20)(H3,12,13,14)/t2?,3?,4?,5-,6-,7?,10?,11?/m1/s1. The van der Waals surface area contributed by atoms with E-state index in [0.717, 1.165) is 0 Å². The summed E-state index contributed by atoms with van der Waals surface area (Å²) in [5.41, 5.74) is 1.21. The number of aliphatic hydroxyl groups is 5. The monoisotopic (exact) mass is 319 g/mol. The van der Waals surface area contributed by atoms with E-state index in [2.05, 4.69) is 10.3 Å². The van der Waals surface area contributed by atoms with E-state index in [1.165, 1.54) is 0 Å². The van der Waals surface area contributed by atoms with Crippen molar-refractivity contribution in [1.82, 2.24) is 5.32 Å². The third kappa shape index (κ3) is 1.55. The van der Waals surface area contributed by atoms with E-state index >= 15 is 0 Å². The Labute approximate surface area is 123 Å². The molecule has 0 aromatic rings. The maximum absolute atomic E-state index is 11.4. The zero-order valence-corrected chi connectivity index (χ0v) is 11.2. The summed E-state index contributed by atoms with van der Waals surface area (Å²) in [5.74, 6) is -2.92. The van der Waals surface area contributed by atoms with Crippen LogP contribution in [0.5, 0.6) is 0 Å². The zero-order valence-electron chi connectivity index (χ0n) is 11.2. The number of carboxylic acids is 1. The molecule has 3 rings (SSSR count). The van der Waals surface area contributed by atoms with Gasteiger partial charge in [0.1, 0.15) is 23.3 Å². The number of hydrogen-bond acceptors (Lipinski definition) is 10. The molecule has 22 heavy (non-hydrogen) atoms. The minimum Gasteiger partial charge on any atom is -0.479 e. The number of aliphatic carboxylic acids is 1. The maximum atomic E-state index is 11.4. The van der Waals surface area contributed by atoms with Crippen LogP contribution in [0.25, 0.3) is 0 Å². The molecule has 6 unspecified atom stereocenters. The molecule has 2 aliphatic heterocycles. The second-order valence-corrected chi connectivity index (χ2v) is 5.83. The third-order valence-corrected chi connectivity index (χ3v) is 4.81.